The summed E-state index contributed by atoms with van der Waals surface area (Å²) in [6, 6.07) is 0. The largest absolute Gasteiger partial charge is 0.481 e. The third kappa shape index (κ3) is 2.45. The van der Waals surface area contributed by atoms with E-state index in [2.05, 4.69) is 0 Å². The first-order chi connectivity index (χ1) is 6.44. The Balaban J connectivity index is 2.41. The quantitative estimate of drug-likeness (QED) is 0.612. The van der Waals surface area contributed by atoms with Crippen LogP contribution in [0.15, 0.2) is 0 Å². The Morgan fingerprint density at radius 1 is 1.43 bits per heavy atom. The van der Waals surface area contributed by atoms with Crippen molar-refractivity contribution in [3.63, 3.8) is 0 Å². The van der Waals surface area contributed by atoms with Gasteiger partial charge in [-0.05, 0) is 31.6 Å². The fourth-order valence-electron chi connectivity index (χ4n) is 1.95. The van der Waals surface area contributed by atoms with E-state index < -0.39 is 17.5 Å². The third-order valence-corrected chi connectivity index (χ3v) is 2.84. The van der Waals surface area contributed by atoms with Crippen LogP contribution in [0.1, 0.15) is 32.1 Å². The molecule has 0 aliphatic heterocycles. The molecule has 0 aromatic rings. The Bertz CT molecular complexity index is 253. The summed E-state index contributed by atoms with van der Waals surface area (Å²) >= 11 is 0. The molecule has 80 valence electrons. The second-order valence-electron chi connectivity index (χ2n) is 4.00. The van der Waals surface area contributed by atoms with Crippen molar-refractivity contribution in [2.24, 2.45) is 11.7 Å². The van der Waals surface area contributed by atoms with Crippen LogP contribution in [0.4, 0.5) is 0 Å². The molecular formula is C9H15NO4. The molecule has 1 fully saturated rings. The number of aliphatic carboxylic acids is 2. The van der Waals surface area contributed by atoms with Crippen molar-refractivity contribution in [2.75, 3.05) is 0 Å². The van der Waals surface area contributed by atoms with Gasteiger partial charge in [-0.1, -0.05) is 0 Å². The lowest BCUT2D eigenvalue weighted by Gasteiger charge is -2.17. The topological polar surface area (TPSA) is 101 Å². The van der Waals surface area contributed by atoms with Crippen molar-refractivity contribution in [2.45, 2.75) is 37.6 Å². The molecule has 0 heterocycles. The molecule has 4 N–H and O–H groups in total. The summed E-state index contributed by atoms with van der Waals surface area (Å²) in [6.45, 7) is 0. The van der Waals surface area contributed by atoms with Crippen molar-refractivity contribution in [1.82, 2.24) is 0 Å². The van der Waals surface area contributed by atoms with Gasteiger partial charge in [0.15, 0.2) is 0 Å². The first-order valence-electron chi connectivity index (χ1n) is 4.68. The number of carboxylic acids is 2. The van der Waals surface area contributed by atoms with Crippen molar-refractivity contribution in [1.29, 1.82) is 0 Å². The van der Waals surface area contributed by atoms with Crippen LogP contribution in [0.5, 0.6) is 0 Å². The van der Waals surface area contributed by atoms with Crippen molar-refractivity contribution in [3.8, 4) is 0 Å². The third-order valence-electron chi connectivity index (χ3n) is 2.84. The molecule has 1 saturated carbocycles. The molecular weight excluding hydrogens is 186 g/mol. The lowest BCUT2D eigenvalue weighted by atomic mass is 9.95. The molecule has 1 aliphatic carbocycles. The second-order valence-corrected chi connectivity index (χ2v) is 4.00. The van der Waals surface area contributed by atoms with Gasteiger partial charge in [0.05, 0.1) is 0 Å². The molecule has 0 amide bonds. The van der Waals surface area contributed by atoms with Gasteiger partial charge in [0, 0.05) is 6.42 Å². The monoisotopic (exact) mass is 201 g/mol. The highest BCUT2D eigenvalue weighted by Gasteiger charge is 2.41. The Morgan fingerprint density at radius 3 is 2.50 bits per heavy atom. The summed E-state index contributed by atoms with van der Waals surface area (Å²) in [5.41, 5.74) is 4.53. The van der Waals surface area contributed by atoms with E-state index >= 15 is 0 Å². The maximum atomic E-state index is 10.8. The average molecular weight is 201 g/mol. The van der Waals surface area contributed by atoms with E-state index in [0.717, 1.165) is 6.42 Å². The van der Waals surface area contributed by atoms with E-state index in [-0.39, 0.29) is 12.3 Å². The maximum Gasteiger partial charge on any atom is 0.323 e. The minimum absolute atomic E-state index is 0.0976. The predicted molar refractivity (Wildman–Crippen MR) is 48.8 cm³/mol. The molecule has 2 atom stereocenters. The molecule has 0 aromatic heterocycles. The van der Waals surface area contributed by atoms with E-state index in [9.17, 15) is 9.59 Å². The Morgan fingerprint density at radius 2 is 2.07 bits per heavy atom. The highest BCUT2D eigenvalue weighted by molar-refractivity contribution is 5.78. The molecule has 5 nitrogen and oxygen atoms in total. The van der Waals surface area contributed by atoms with Gasteiger partial charge in [0.2, 0.25) is 0 Å². The number of rotatable bonds is 4. The molecule has 5 heteroatoms. The summed E-state index contributed by atoms with van der Waals surface area (Å²) in [7, 11) is 0. The van der Waals surface area contributed by atoms with Gasteiger partial charge in [-0.3, -0.25) is 9.59 Å². The van der Waals surface area contributed by atoms with Gasteiger partial charge in [-0.15, -0.1) is 0 Å². The number of nitrogens with two attached hydrogens (primary N) is 1. The van der Waals surface area contributed by atoms with E-state index in [1.54, 1.807) is 0 Å². The average Bonchev–Trinajstić information content (AvgIpc) is 2.45. The Labute approximate surface area is 81.9 Å². The molecule has 0 aromatic carbocycles. The maximum absolute atomic E-state index is 10.8. The SMILES string of the molecule is N[C@]1(C(=O)O)CC[C@@H](CCC(=O)O)C1. The van der Waals surface area contributed by atoms with E-state index in [1.165, 1.54) is 0 Å². The van der Waals surface area contributed by atoms with Crippen LogP contribution in [-0.2, 0) is 9.59 Å². The van der Waals surface area contributed by atoms with Crippen LogP contribution >= 0.6 is 0 Å². The van der Waals surface area contributed by atoms with Crippen molar-refractivity contribution >= 4 is 11.9 Å². The normalized spacial score (nSPS) is 31.6. The summed E-state index contributed by atoms with van der Waals surface area (Å²) < 4.78 is 0. The molecule has 14 heavy (non-hydrogen) atoms. The minimum atomic E-state index is -1.12. The van der Waals surface area contributed by atoms with E-state index in [1.807, 2.05) is 0 Å². The lowest BCUT2D eigenvalue weighted by Crippen LogP contribution is -2.45. The first-order valence-corrected chi connectivity index (χ1v) is 4.68. The minimum Gasteiger partial charge on any atom is -0.481 e. The van der Waals surface area contributed by atoms with Gasteiger partial charge < -0.3 is 15.9 Å². The van der Waals surface area contributed by atoms with E-state index in [0.29, 0.717) is 19.3 Å². The van der Waals surface area contributed by atoms with Gasteiger partial charge in [-0.25, -0.2) is 0 Å². The molecule has 1 aliphatic rings. The smallest absolute Gasteiger partial charge is 0.323 e. The highest BCUT2D eigenvalue weighted by Crippen LogP contribution is 2.35. The predicted octanol–water partition coefficient (Wildman–Crippen LogP) is 0.433. The molecule has 1 rings (SSSR count). The second kappa shape index (κ2) is 3.96. The zero-order valence-electron chi connectivity index (χ0n) is 7.90. The summed E-state index contributed by atoms with van der Waals surface area (Å²) in [5, 5.41) is 17.3. The van der Waals surface area contributed by atoms with Gasteiger partial charge in [0.1, 0.15) is 5.54 Å². The summed E-state index contributed by atoms with van der Waals surface area (Å²) in [5.74, 6) is -1.67. The van der Waals surface area contributed by atoms with Gasteiger partial charge in [0.25, 0.3) is 0 Å². The number of hydrogen-bond acceptors (Lipinski definition) is 3. The molecule has 0 saturated heterocycles. The number of carboxylic acid groups (broad SMARTS) is 2. The first kappa shape index (κ1) is 11.0. The standard InChI is InChI=1S/C9H15NO4/c10-9(8(13)14)4-3-6(5-9)1-2-7(11)12/h6H,1-5,10H2,(H,11,12)(H,13,14)/t6-,9-/m1/s1. The molecule has 0 radical (unpaired) electrons. The zero-order valence-corrected chi connectivity index (χ0v) is 7.90. The van der Waals surface area contributed by atoms with Crippen LogP contribution in [0.3, 0.4) is 0 Å². The fourth-order valence-corrected chi connectivity index (χ4v) is 1.95. The highest BCUT2D eigenvalue weighted by atomic mass is 16.4. The van der Waals surface area contributed by atoms with Gasteiger partial charge in [-0.2, -0.15) is 0 Å². The number of carbonyl (C=O) groups is 2. The van der Waals surface area contributed by atoms with Crippen LogP contribution in [0, 0.1) is 5.92 Å². The zero-order chi connectivity index (χ0) is 10.8. The van der Waals surface area contributed by atoms with E-state index in [4.69, 9.17) is 15.9 Å². The molecule has 0 unspecified atom stereocenters. The Hall–Kier alpha value is -1.10. The van der Waals surface area contributed by atoms with Crippen LogP contribution in [0.25, 0.3) is 0 Å². The summed E-state index contributed by atoms with van der Waals surface area (Å²) in [6.07, 6.45) is 2.19. The Kier molecular flexibility index (Phi) is 3.10. The van der Waals surface area contributed by atoms with Crippen LogP contribution in [0.2, 0.25) is 0 Å². The lowest BCUT2D eigenvalue weighted by molar-refractivity contribution is -0.143. The number of hydrogen-bond donors (Lipinski definition) is 3. The van der Waals surface area contributed by atoms with Crippen molar-refractivity contribution < 1.29 is 19.8 Å². The van der Waals surface area contributed by atoms with Crippen LogP contribution in [-0.4, -0.2) is 27.7 Å². The fraction of sp³-hybridized carbons (Fsp3) is 0.778. The molecule has 0 spiro atoms. The summed E-state index contributed by atoms with van der Waals surface area (Å²) in [4.78, 5) is 21.1. The van der Waals surface area contributed by atoms with Crippen LogP contribution < -0.4 is 5.73 Å². The van der Waals surface area contributed by atoms with Gasteiger partial charge >= 0.3 is 11.9 Å². The van der Waals surface area contributed by atoms with Crippen molar-refractivity contribution in [3.05, 3.63) is 0 Å². The molecule has 0 bridgehead atoms.